The third-order valence-corrected chi connectivity index (χ3v) is 7.51. The molecule has 0 amide bonds. The number of hydrogen-bond donors (Lipinski definition) is 3. The monoisotopic (exact) mass is 457 g/mol. The molecule has 2 aromatic heterocycles. The second-order valence-corrected chi connectivity index (χ2v) is 9.87. The van der Waals surface area contributed by atoms with Crippen LogP contribution >= 0.6 is 0 Å². The Balaban J connectivity index is 1.57. The van der Waals surface area contributed by atoms with E-state index in [1.807, 2.05) is 18.2 Å². The summed E-state index contributed by atoms with van der Waals surface area (Å²) in [5.41, 5.74) is 18.1. The summed E-state index contributed by atoms with van der Waals surface area (Å²) >= 11 is 0. The van der Waals surface area contributed by atoms with E-state index in [1.165, 1.54) is 24.8 Å². The second kappa shape index (κ2) is 9.24. The van der Waals surface area contributed by atoms with Gasteiger partial charge in [0, 0.05) is 30.4 Å². The number of aryl methyl sites for hydroxylation is 1. The van der Waals surface area contributed by atoms with Gasteiger partial charge in [0.25, 0.3) is 0 Å². The van der Waals surface area contributed by atoms with Crippen molar-refractivity contribution >= 4 is 17.3 Å². The van der Waals surface area contributed by atoms with Crippen molar-refractivity contribution in [2.24, 2.45) is 5.41 Å². The fraction of sp³-hybridized carbons (Fsp3) is 0.407. The van der Waals surface area contributed by atoms with Gasteiger partial charge < -0.3 is 16.8 Å². The van der Waals surface area contributed by atoms with Crippen LogP contribution in [-0.2, 0) is 0 Å². The van der Waals surface area contributed by atoms with Crippen molar-refractivity contribution in [3.05, 3.63) is 65.9 Å². The Kier molecular flexibility index (Phi) is 6.15. The maximum absolute atomic E-state index is 6.60. The second-order valence-electron chi connectivity index (χ2n) is 9.87. The Hall–Kier alpha value is -3.16. The average molecular weight is 458 g/mol. The van der Waals surface area contributed by atoms with Crippen molar-refractivity contribution in [1.82, 2.24) is 20.3 Å². The number of anilines is 3. The van der Waals surface area contributed by atoms with E-state index in [9.17, 15) is 0 Å². The maximum Gasteiger partial charge on any atom is 0.167 e. The van der Waals surface area contributed by atoms with Crippen LogP contribution in [0.4, 0.5) is 17.3 Å². The summed E-state index contributed by atoms with van der Waals surface area (Å²) in [5, 5.41) is 8.24. The van der Waals surface area contributed by atoms with Gasteiger partial charge in [-0.3, -0.25) is 5.01 Å². The highest BCUT2D eigenvalue weighted by atomic mass is 15.7. The minimum atomic E-state index is -0.0619. The van der Waals surface area contributed by atoms with Crippen molar-refractivity contribution in [1.29, 1.82) is 0 Å². The van der Waals surface area contributed by atoms with E-state index in [0.29, 0.717) is 16.9 Å². The van der Waals surface area contributed by atoms with Crippen LogP contribution in [0.25, 0.3) is 11.3 Å². The molecule has 0 bridgehead atoms. The summed E-state index contributed by atoms with van der Waals surface area (Å²) in [6.07, 6.45) is 5.32. The molecule has 2 saturated heterocycles. The number of nitrogens with one attached hydrogen (secondary N) is 1. The molecule has 178 valence electrons. The number of pyridine rings is 2. The predicted octanol–water partition coefficient (Wildman–Crippen LogP) is 4.17. The van der Waals surface area contributed by atoms with Gasteiger partial charge in [0.15, 0.2) is 5.82 Å². The topological polar surface area (TPSA) is 96.3 Å². The van der Waals surface area contributed by atoms with E-state index in [2.05, 4.69) is 64.5 Å². The van der Waals surface area contributed by atoms with Crippen LogP contribution in [0.5, 0.6) is 0 Å². The Bertz CT molecular complexity index is 1160. The van der Waals surface area contributed by atoms with Crippen molar-refractivity contribution in [2.75, 3.05) is 42.7 Å². The number of hydrogen-bond acceptors (Lipinski definition) is 7. The largest absolute Gasteiger partial charge is 0.396 e. The summed E-state index contributed by atoms with van der Waals surface area (Å²) in [6, 6.07) is 16.3. The Labute approximate surface area is 202 Å². The van der Waals surface area contributed by atoms with E-state index < -0.39 is 0 Å². The molecule has 3 aromatic rings. The van der Waals surface area contributed by atoms with Gasteiger partial charge in [0.1, 0.15) is 5.82 Å². The average Bonchev–Trinajstić information content (AvgIpc) is 3.23. The van der Waals surface area contributed by atoms with Crippen molar-refractivity contribution in [2.45, 2.75) is 39.2 Å². The molecule has 0 radical (unpaired) electrons. The smallest absolute Gasteiger partial charge is 0.167 e. The van der Waals surface area contributed by atoms with Crippen LogP contribution in [-0.4, -0.2) is 41.2 Å². The molecule has 1 spiro atoms. The van der Waals surface area contributed by atoms with Crippen molar-refractivity contribution < 1.29 is 0 Å². The molecule has 7 heteroatoms. The molecule has 2 fully saturated rings. The third-order valence-electron chi connectivity index (χ3n) is 7.51. The van der Waals surface area contributed by atoms with Gasteiger partial charge in [0.2, 0.25) is 0 Å². The van der Waals surface area contributed by atoms with Crippen LogP contribution < -0.4 is 21.8 Å². The Morgan fingerprint density at radius 3 is 2.65 bits per heavy atom. The van der Waals surface area contributed by atoms with Gasteiger partial charge in [-0.25, -0.2) is 15.0 Å². The molecule has 1 aromatic carbocycles. The van der Waals surface area contributed by atoms with E-state index in [-0.39, 0.29) is 6.04 Å². The number of nitrogens with zero attached hydrogens (tertiary/aromatic N) is 4. The van der Waals surface area contributed by atoms with Crippen molar-refractivity contribution in [3.63, 3.8) is 0 Å². The highest BCUT2D eigenvalue weighted by Crippen LogP contribution is 2.43. The van der Waals surface area contributed by atoms with E-state index in [4.69, 9.17) is 16.5 Å². The van der Waals surface area contributed by atoms with Gasteiger partial charge >= 0.3 is 0 Å². The standard InChI is InChI=1S/C27H35N7/c1-19-5-3-6-21(17-19)24-9-8-23(28)26(32-24)34(20(2)22-7-4-13-31-25(22)29)33-16-12-27(18-33)10-14-30-15-11-27/h3-9,13,17,20,30H,10-12,14-16,18,28H2,1-2H3,(H2,29,31). The zero-order valence-corrected chi connectivity index (χ0v) is 20.2. The number of nitrogen functional groups attached to an aromatic ring is 2. The fourth-order valence-electron chi connectivity index (χ4n) is 5.55. The highest BCUT2D eigenvalue weighted by molar-refractivity contribution is 5.70. The summed E-state index contributed by atoms with van der Waals surface area (Å²) in [4.78, 5) is 9.48. The molecule has 1 unspecified atom stereocenters. The molecule has 2 aliphatic heterocycles. The summed E-state index contributed by atoms with van der Waals surface area (Å²) in [5.74, 6) is 1.32. The molecule has 2 aliphatic rings. The quantitative estimate of drug-likeness (QED) is 0.529. The molecule has 0 aliphatic carbocycles. The summed E-state index contributed by atoms with van der Waals surface area (Å²) < 4.78 is 0. The first-order valence-corrected chi connectivity index (χ1v) is 12.2. The summed E-state index contributed by atoms with van der Waals surface area (Å²) in [6.45, 7) is 8.41. The lowest BCUT2D eigenvalue weighted by Gasteiger charge is -2.41. The number of nitrogens with two attached hydrogens (primary N) is 2. The third kappa shape index (κ3) is 4.33. The fourth-order valence-corrected chi connectivity index (χ4v) is 5.55. The number of hydrazine groups is 1. The SMILES string of the molecule is Cc1cccc(-c2ccc(N)c(N(C(C)c3cccnc3N)N3CCC4(CCNCC4)C3)n2)c1. The first-order valence-electron chi connectivity index (χ1n) is 12.2. The zero-order chi connectivity index (χ0) is 23.7. The molecule has 5 N–H and O–H groups in total. The van der Waals surface area contributed by atoms with Gasteiger partial charge in [-0.2, -0.15) is 0 Å². The molecule has 5 rings (SSSR count). The summed E-state index contributed by atoms with van der Waals surface area (Å²) in [7, 11) is 0. The lowest BCUT2D eigenvalue weighted by Crippen LogP contribution is -2.46. The lowest BCUT2D eigenvalue weighted by molar-refractivity contribution is 0.182. The van der Waals surface area contributed by atoms with E-state index in [0.717, 1.165) is 48.8 Å². The molecule has 7 nitrogen and oxygen atoms in total. The van der Waals surface area contributed by atoms with Crippen LogP contribution in [0.15, 0.2) is 54.7 Å². The molecule has 0 saturated carbocycles. The minimum absolute atomic E-state index is 0.0619. The van der Waals surface area contributed by atoms with Crippen LogP contribution in [0.3, 0.4) is 0 Å². The Morgan fingerprint density at radius 1 is 1.06 bits per heavy atom. The van der Waals surface area contributed by atoms with Crippen LogP contribution in [0, 0.1) is 12.3 Å². The predicted molar refractivity (Wildman–Crippen MR) is 139 cm³/mol. The Morgan fingerprint density at radius 2 is 1.88 bits per heavy atom. The maximum atomic E-state index is 6.60. The van der Waals surface area contributed by atoms with Crippen LogP contribution in [0.2, 0.25) is 0 Å². The number of aromatic nitrogens is 2. The molecule has 1 atom stereocenters. The normalized spacial score (nSPS) is 18.8. The molecule has 4 heterocycles. The first-order chi connectivity index (χ1) is 16.5. The number of benzene rings is 1. The highest BCUT2D eigenvalue weighted by Gasteiger charge is 2.42. The molecular formula is C27H35N7. The van der Waals surface area contributed by atoms with Gasteiger partial charge in [-0.15, -0.1) is 0 Å². The first kappa shape index (κ1) is 22.6. The van der Waals surface area contributed by atoms with Crippen LogP contribution in [0.1, 0.15) is 43.4 Å². The minimum Gasteiger partial charge on any atom is -0.396 e. The number of piperidine rings is 1. The van der Waals surface area contributed by atoms with E-state index in [1.54, 1.807) is 6.20 Å². The van der Waals surface area contributed by atoms with Gasteiger partial charge in [0.05, 0.1) is 17.4 Å². The van der Waals surface area contributed by atoms with Gasteiger partial charge in [-0.05, 0) is 75.9 Å². The van der Waals surface area contributed by atoms with E-state index >= 15 is 0 Å². The lowest BCUT2D eigenvalue weighted by atomic mass is 9.78. The van der Waals surface area contributed by atoms with Crippen molar-refractivity contribution in [3.8, 4) is 11.3 Å². The molecule has 34 heavy (non-hydrogen) atoms. The molecular weight excluding hydrogens is 422 g/mol. The number of rotatable bonds is 5. The van der Waals surface area contributed by atoms with Gasteiger partial charge in [-0.1, -0.05) is 29.8 Å². The zero-order valence-electron chi connectivity index (χ0n) is 20.2.